The van der Waals surface area contributed by atoms with E-state index in [9.17, 15) is 14.5 Å². The number of hydrogen-bond donors (Lipinski definition) is 0. The Morgan fingerprint density at radius 2 is 2.00 bits per heavy atom. The van der Waals surface area contributed by atoms with E-state index in [1.54, 1.807) is 18.2 Å². The molecule has 0 unspecified atom stereocenters. The molecule has 0 N–H and O–H groups in total. The lowest BCUT2D eigenvalue weighted by atomic mass is 10.2. The molecule has 0 fully saturated rings. The number of nitro groups is 1. The maximum atomic E-state index is 13.8. The second kappa shape index (κ2) is 7.00. The van der Waals surface area contributed by atoms with E-state index in [-0.39, 0.29) is 18.0 Å². The molecular weight excluding hydrogens is 409 g/mol. The minimum atomic E-state index is -0.477. The molecule has 21 heavy (non-hydrogen) atoms. The number of hydrogen-bond acceptors (Lipinski definition) is 3. The lowest BCUT2D eigenvalue weighted by Crippen LogP contribution is -2.01. The van der Waals surface area contributed by atoms with Gasteiger partial charge < -0.3 is 4.74 Å². The van der Waals surface area contributed by atoms with E-state index in [0.29, 0.717) is 20.9 Å². The van der Waals surface area contributed by atoms with Gasteiger partial charge in [-0.3, -0.25) is 10.1 Å². The molecule has 2 aromatic rings. The van der Waals surface area contributed by atoms with E-state index in [4.69, 9.17) is 4.74 Å². The third kappa shape index (κ3) is 3.79. The molecule has 110 valence electrons. The fourth-order valence-corrected chi connectivity index (χ4v) is 2.66. The lowest BCUT2D eigenvalue weighted by Gasteiger charge is -2.12. The Kier molecular flexibility index (Phi) is 5.30. The van der Waals surface area contributed by atoms with Crippen LogP contribution in [0.25, 0.3) is 0 Å². The summed E-state index contributed by atoms with van der Waals surface area (Å²) >= 11 is 6.53. The molecule has 0 aliphatic rings. The molecule has 4 nitrogen and oxygen atoms in total. The zero-order valence-corrected chi connectivity index (χ0v) is 13.9. The van der Waals surface area contributed by atoms with Gasteiger partial charge in [-0.05, 0) is 12.1 Å². The summed E-state index contributed by atoms with van der Waals surface area (Å²) in [6.07, 6.45) is 0. The fourth-order valence-electron chi connectivity index (χ4n) is 1.74. The molecule has 0 bridgehead atoms. The molecule has 2 rings (SSSR count). The zero-order chi connectivity index (χ0) is 15.4. The molecule has 7 heteroatoms. The highest BCUT2D eigenvalue weighted by atomic mass is 79.9. The van der Waals surface area contributed by atoms with Gasteiger partial charge in [-0.1, -0.05) is 44.0 Å². The molecule has 0 atom stereocenters. The minimum Gasteiger partial charge on any atom is -0.485 e. The summed E-state index contributed by atoms with van der Waals surface area (Å²) in [6.45, 7) is 0.111. The van der Waals surface area contributed by atoms with Gasteiger partial charge in [0.15, 0.2) is 11.6 Å². The van der Waals surface area contributed by atoms with Crippen LogP contribution in [0.2, 0.25) is 0 Å². The number of halogens is 3. The second-order valence-corrected chi connectivity index (χ2v) is 5.60. The van der Waals surface area contributed by atoms with Gasteiger partial charge >= 0.3 is 0 Å². The van der Waals surface area contributed by atoms with Gasteiger partial charge in [0.1, 0.15) is 6.61 Å². The molecule has 0 amide bonds. The molecule has 2 aromatic carbocycles. The smallest absolute Gasteiger partial charge is 0.270 e. The summed E-state index contributed by atoms with van der Waals surface area (Å²) in [5, 5.41) is 11.1. The van der Waals surface area contributed by atoms with E-state index in [2.05, 4.69) is 31.9 Å². The summed E-state index contributed by atoms with van der Waals surface area (Å²) in [6, 6.07) is 9.06. The van der Waals surface area contributed by atoms with E-state index >= 15 is 0 Å². The SMILES string of the molecule is O=[N+]([O-])c1ccc(COc2c(F)cccc2CBr)c(Br)c1. The molecule has 0 heterocycles. The van der Waals surface area contributed by atoms with Gasteiger partial charge in [0, 0.05) is 33.1 Å². The number of rotatable bonds is 5. The number of ether oxygens (including phenoxy) is 1. The standard InChI is InChI=1S/C14H10Br2FNO3/c15-7-9-2-1-3-13(17)14(9)21-8-10-4-5-11(18(19)20)6-12(10)16/h1-6H,7-8H2. The number of alkyl halides is 1. The van der Waals surface area contributed by atoms with Crippen LogP contribution in [0.5, 0.6) is 5.75 Å². The molecule has 0 radical (unpaired) electrons. The number of nitro benzene ring substituents is 1. The van der Waals surface area contributed by atoms with Gasteiger partial charge in [0.25, 0.3) is 5.69 Å². The Morgan fingerprint density at radius 1 is 1.24 bits per heavy atom. The molecule has 0 spiro atoms. The van der Waals surface area contributed by atoms with Gasteiger partial charge in [-0.25, -0.2) is 4.39 Å². The van der Waals surface area contributed by atoms with Crippen LogP contribution < -0.4 is 4.74 Å². The number of nitrogens with zero attached hydrogens (tertiary/aromatic N) is 1. The highest BCUT2D eigenvalue weighted by molar-refractivity contribution is 9.10. The van der Waals surface area contributed by atoms with Crippen LogP contribution in [-0.2, 0) is 11.9 Å². The number of para-hydroxylation sites is 1. The minimum absolute atomic E-state index is 0.0161. The predicted octanol–water partition coefficient (Wildman–Crippen LogP) is 4.97. The number of benzene rings is 2. The van der Waals surface area contributed by atoms with E-state index in [1.807, 2.05) is 0 Å². The van der Waals surface area contributed by atoms with Crippen molar-refractivity contribution in [2.75, 3.05) is 0 Å². The van der Waals surface area contributed by atoms with Crippen LogP contribution >= 0.6 is 31.9 Å². The van der Waals surface area contributed by atoms with Crippen molar-refractivity contribution in [2.24, 2.45) is 0 Å². The van der Waals surface area contributed by atoms with Crippen molar-refractivity contribution in [1.82, 2.24) is 0 Å². The average molecular weight is 419 g/mol. The van der Waals surface area contributed by atoms with Crippen molar-refractivity contribution in [1.29, 1.82) is 0 Å². The Bertz CT molecular complexity index is 679. The van der Waals surface area contributed by atoms with Crippen LogP contribution in [0, 0.1) is 15.9 Å². The summed E-state index contributed by atoms with van der Waals surface area (Å²) in [4.78, 5) is 10.2. The van der Waals surface area contributed by atoms with Crippen LogP contribution in [0.3, 0.4) is 0 Å². The molecule has 0 saturated heterocycles. The molecule has 0 saturated carbocycles. The van der Waals surface area contributed by atoms with Crippen molar-refractivity contribution >= 4 is 37.5 Å². The first-order chi connectivity index (χ1) is 10.0. The summed E-state index contributed by atoms with van der Waals surface area (Å²) in [5.74, 6) is -0.260. The monoisotopic (exact) mass is 417 g/mol. The Labute approximate surface area is 137 Å². The van der Waals surface area contributed by atoms with Crippen molar-refractivity contribution < 1.29 is 14.1 Å². The van der Waals surface area contributed by atoms with E-state index in [0.717, 1.165) is 0 Å². The molecule has 0 aromatic heterocycles. The highest BCUT2D eigenvalue weighted by Gasteiger charge is 2.12. The van der Waals surface area contributed by atoms with Crippen molar-refractivity contribution in [3.8, 4) is 5.75 Å². The second-order valence-electron chi connectivity index (χ2n) is 4.18. The first-order valence-electron chi connectivity index (χ1n) is 5.92. The van der Waals surface area contributed by atoms with Crippen molar-refractivity contribution in [2.45, 2.75) is 11.9 Å². The maximum absolute atomic E-state index is 13.8. The van der Waals surface area contributed by atoms with Crippen LogP contribution in [0.1, 0.15) is 11.1 Å². The van der Waals surface area contributed by atoms with E-state index in [1.165, 1.54) is 18.2 Å². The molecule has 0 aliphatic carbocycles. The lowest BCUT2D eigenvalue weighted by molar-refractivity contribution is -0.384. The van der Waals surface area contributed by atoms with Crippen LogP contribution in [-0.4, -0.2) is 4.92 Å². The number of non-ortho nitro benzene ring substituents is 1. The van der Waals surface area contributed by atoms with Crippen molar-refractivity contribution in [3.05, 3.63) is 67.9 Å². The summed E-state index contributed by atoms with van der Waals surface area (Å²) in [7, 11) is 0. The predicted molar refractivity (Wildman–Crippen MR) is 84.2 cm³/mol. The summed E-state index contributed by atoms with van der Waals surface area (Å²) in [5.41, 5.74) is 1.38. The Balaban J connectivity index is 2.19. The largest absolute Gasteiger partial charge is 0.485 e. The maximum Gasteiger partial charge on any atom is 0.270 e. The normalized spacial score (nSPS) is 10.4. The third-order valence-electron chi connectivity index (χ3n) is 2.81. The van der Waals surface area contributed by atoms with Gasteiger partial charge in [-0.15, -0.1) is 0 Å². The van der Waals surface area contributed by atoms with Gasteiger partial charge in [0.05, 0.1) is 4.92 Å². The topological polar surface area (TPSA) is 52.4 Å². The quantitative estimate of drug-likeness (QED) is 0.391. The van der Waals surface area contributed by atoms with Crippen LogP contribution in [0.4, 0.5) is 10.1 Å². The Morgan fingerprint density at radius 3 is 2.62 bits per heavy atom. The average Bonchev–Trinajstić information content (AvgIpc) is 2.46. The third-order valence-corrected chi connectivity index (χ3v) is 4.15. The Hall–Kier alpha value is -1.47. The molecular formula is C14H10Br2FNO3. The first-order valence-corrected chi connectivity index (χ1v) is 7.83. The van der Waals surface area contributed by atoms with Crippen LogP contribution in [0.15, 0.2) is 40.9 Å². The zero-order valence-electron chi connectivity index (χ0n) is 10.7. The summed E-state index contributed by atoms with van der Waals surface area (Å²) < 4.78 is 19.8. The van der Waals surface area contributed by atoms with E-state index < -0.39 is 10.7 Å². The fraction of sp³-hybridized carbons (Fsp3) is 0.143. The van der Waals surface area contributed by atoms with Gasteiger partial charge in [-0.2, -0.15) is 0 Å². The molecule has 0 aliphatic heterocycles. The highest BCUT2D eigenvalue weighted by Crippen LogP contribution is 2.28. The van der Waals surface area contributed by atoms with Gasteiger partial charge in [0.2, 0.25) is 0 Å². The first kappa shape index (κ1) is 15.9. The van der Waals surface area contributed by atoms with Crippen molar-refractivity contribution in [3.63, 3.8) is 0 Å².